The van der Waals surface area contributed by atoms with Crippen LogP contribution in [0.25, 0.3) is 16.9 Å². The fraction of sp³-hybridized carbons (Fsp3) is 0.517. The molecule has 0 atom stereocenters. The van der Waals surface area contributed by atoms with Crippen molar-refractivity contribution in [2.24, 2.45) is 0 Å². The van der Waals surface area contributed by atoms with Gasteiger partial charge in [-0.3, -0.25) is 0 Å². The highest BCUT2D eigenvalue weighted by Gasteiger charge is 2.35. The SMILES string of the molecule is COc1cc(OCCCN(C)C)c(-c2cn3ccc(N4CCC(N(C(=O)O)C(C)(C)C)CC4)cc3n2)cc1Cl. The zero-order valence-electron chi connectivity index (χ0n) is 23.8. The number of benzene rings is 1. The first kappa shape index (κ1) is 28.8. The molecule has 1 aliphatic heterocycles. The molecule has 4 rings (SSSR count). The molecule has 212 valence electrons. The molecule has 1 N–H and O–H groups in total. The monoisotopic (exact) mass is 557 g/mol. The molecule has 1 aliphatic rings. The van der Waals surface area contributed by atoms with Crippen molar-refractivity contribution in [2.75, 3.05) is 52.3 Å². The van der Waals surface area contributed by atoms with E-state index in [4.69, 9.17) is 26.1 Å². The Bertz CT molecular complexity index is 1290. The lowest BCUT2D eigenvalue weighted by Crippen LogP contribution is -2.54. The van der Waals surface area contributed by atoms with Gasteiger partial charge >= 0.3 is 6.09 Å². The Kier molecular flexibility index (Phi) is 8.81. The van der Waals surface area contributed by atoms with E-state index >= 15 is 0 Å². The van der Waals surface area contributed by atoms with Crippen LogP contribution in [0.2, 0.25) is 5.02 Å². The Morgan fingerprint density at radius 2 is 1.90 bits per heavy atom. The molecule has 2 aromatic heterocycles. The second-order valence-electron chi connectivity index (χ2n) is 11.3. The maximum Gasteiger partial charge on any atom is 0.407 e. The molecule has 0 saturated carbocycles. The van der Waals surface area contributed by atoms with Gasteiger partial charge in [-0.25, -0.2) is 9.78 Å². The minimum Gasteiger partial charge on any atom is -0.495 e. The van der Waals surface area contributed by atoms with E-state index in [0.29, 0.717) is 23.1 Å². The van der Waals surface area contributed by atoms with Gasteiger partial charge in [-0.15, -0.1) is 0 Å². The van der Waals surface area contributed by atoms with Gasteiger partial charge in [0.15, 0.2) is 0 Å². The topological polar surface area (TPSA) is 82.8 Å². The number of anilines is 1. The lowest BCUT2D eigenvalue weighted by molar-refractivity contribution is 0.0616. The second kappa shape index (κ2) is 11.9. The molecule has 0 bridgehead atoms. The fourth-order valence-corrected chi connectivity index (χ4v) is 5.49. The Balaban J connectivity index is 1.54. The molecule has 0 unspecified atom stereocenters. The number of imidazole rings is 1. The van der Waals surface area contributed by atoms with Crippen molar-refractivity contribution in [3.8, 4) is 22.8 Å². The summed E-state index contributed by atoms with van der Waals surface area (Å²) in [4.78, 5) is 22.9. The van der Waals surface area contributed by atoms with Crippen LogP contribution < -0.4 is 14.4 Å². The van der Waals surface area contributed by atoms with E-state index in [1.807, 2.05) is 63.8 Å². The van der Waals surface area contributed by atoms with E-state index in [9.17, 15) is 9.90 Å². The van der Waals surface area contributed by atoms with E-state index in [1.165, 1.54) is 0 Å². The van der Waals surface area contributed by atoms with Gasteiger partial charge in [0.1, 0.15) is 17.1 Å². The molecule has 3 heterocycles. The summed E-state index contributed by atoms with van der Waals surface area (Å²) < 4.78 is 13.6. The lowest BCUT2D eigenvalue weighted by atomic mass is 9.96. The highest BCUT2D eigenvalue weighted by Crippen LogP contribution is 2.39. The maximum atomic E-state index is 11.9. The predicted molar refractivity (Wildman–Crippen MR) is 156 cm³/mol. The quantitative estimate of drug-likeness (QED) is 0.336. The largest absolute Gasteiger partial charge is 0.495 e. The number of methoxy groups -OCH3 is 1. The first-order valence-corrected chi connectivity index (χ1v) is 13.8. The number of pyridine rings is 1. The van der Waals surface area contributed by atoms with Crippen LogP contribution in [0.4, 0.5) is 10.5 Å². The van der Waals surface area contributed by atoms with Crippen molar-refractivity contribution in [1.29, 1.82) is 0 Å². The minimum atomic E-state index is -0.855. The van der Waals surface area contributed by atoms with Crippen molar-refractivity contribution < 1.29 is 19.4 Å². The highest BCUT2D eigenvalue weighted by molar-refractivity contribution is 6.32. The molecule has 0 spiro atoms. The third kappa shape index (κ3) is 6.70. The average molecular weight is 558 g/mol. The molecule has 3 aromatic rings. The first-order chi connectivity index (χ1) is 18.5. The number of carboxylic acid groups (broad SMARTS) is 1. The van der Waals surface area contributed by atoms with Crippen molar-refractivity contribution in [3.63, 3.8) is 0 Å². The van der Waals surface area contributed by atoms with Gasteiger partial charge in [0, 0.05) is 67.0 Å². The van der Waals surface area contributed by atoms with Gasteiger partial charge in [0.2, 0.25) is 0 Å². The van der Waals surface area contributed by atoms with Crippen LogP contribution in [0.1, 0.15) is 40.0 Å². The molecule has 10 heteroatoms. The van der Waals surface area contributed by atoms with Crippen LogP contribution in [0, 0.1) is 0 Å². The smallest absolute Gasteiger partial charge is 0.407 e. The third-order valence-corrected chi connectivity index (χ3v) is 7.40. The number of hydrogen-bond donors (Lipinski definition) is 1. The van der Waals surface area contributed by atoms with E-state index in [1.54, 1.807) is 12.0 Å². The van der Waals surface area contributed by atoms with Gasteiger partial charge in [-0.2, -0.15) is 0 Å². The number of hydrogen-bond acceptors (Lipinski definition) is 6. The van der Waals surface area contributed by atoms with Gasteiger partial charge in [0.05, 0.1) is 24.4 Å². The third-order valence-electron chi connectivity index (χ3n) is 7.10. The van der Waals surface area contributed by atoms with Crippen LogP contribution in [-0.2, 0) is 0 Å². The van der Waals surface area contributed by atoms with Crippen molar-refractivity contribution in [2.45, 2.75) is 51.6 Å². The second-order valence-corrected chi connectivity index (χ2v) is 11.7. The predicted octanol–water partition coefficient (Wildman–Crippen LogP) is 5.74. The fourth-order valence-electron chi connectivity index (χ4n) is 5.24. The Hall–Kier alpha value is -3.17. The molecular weight excluding hydrogens is 518 g/mol. The molecular formula is C29H40ClN5O4. The number of ether oxygens (including phenoxy) is 2. The summed E-state index contributed by atoms with van der Waals surface area (Å²) in [6, 6.07) is 7.84. The molecule has 1 saturated heterocycles. The highest BCUT2D eigenvalue weighted by atomic mass is 35.5. The van der Waals surface area contributed by atoms with Crippen LogP contribution in [0.5, 0.6) is 11.5 Å². The van der Waals surface area contributed by atoms with E-state index < -0.39 is 11.6 Å². The van der Waals surface area contributed by atoms with Gasteiger partial charge in [0.25, 0.3) is 0 Å². The number of fused-ring (bicyclic) bond motifs is 1. The summed E-state index contributed by atoms with van der Waals surface area (Å²) in [6.07, 6.45) is 5.59. The zero-order valence-corrected chi connectivity index (χ0v) is 24.5. The lowest BCUT2D eigenvalue weighted by Gasteiger charge is -2.44. The Labute approximate surface area is 235 Å². The van der Waals surface area contributed by atoms with Gasteiger partial charge in [-0.1, -0.05) is 11.6 Å². The van der Waals surface area contributed by atoms with E-state index in [0.717, 1.165) is 61.5 Å². The van der Waals surface area contributed by atoms with Crippen LogP contribution in [-0.4, -0.2) is 89.4 Å². The van der Waals surface area contributed by atoms with Crippen LogP contribution in [0.15, 0.2) is 36.7 Å². The van der Waals surface area contributed by atoms with Crippen molar-refractivity contribution in [3.05, 3.63) is 41.7 Å². The molecule has 0 aliphatic carbocycles. The standard InChI is InChI=1S/C29H40ClN5O4/c1-29(2,3)35(28(36)37)20-8-12-33(13-9-20)21-10-14-34-19-24(31-27(34)16-21)22-17-23(30)26(38-6)18-25(22)39-15-7-11-32(4)5/h10,14,16-20H,7-9,11-13,15H2,1-6H3,(H,36,37). The number of nitrogens with zero attached hydrogens (tertiary/aromatic N) is 5. The average Bonchev–Trinajstić information content (AvgIpc) is 3.29. The van der Waals surface area contributed by atoms with Gasteiger partial charge in [-0.05, 0) is 66.3 Å². The summed E-state index contributed by atoms with van der Waals surface area (Å²) in [6.45, 7) is 8.92. The summed E-state index contributed by atoms with van der Waals surface area (Å²) in [7, 11) is 5.68. The number of carbonyl (C=O) groups is 1. The van der Waals surface area contributed by atoms with E-state index in [2.05, 4.69) is 21.9 Å². The van der Waals surface area contributed by atoms with Crippen molar-refractivity contribution in [1.82, 2.24) is 19.2 Å². The number of rotatable bonds is 9. The normalized spacial score (nSPS) is 14.7. The van der Waals surface area contributed by atoms with E-state index in [-0.39, 0.29) is 6.04 Å². The summed E-state index contributed by atoms with van der Waals surface area (Å²) in [5.74, 6) is 1.24. The Morgan fingerprint density at radius 1 is 1.18 bits per heavy atom. The number of piperidine rings is 1. The maximum absolute atomic E-state index is 11.9. The molecule has 9 nitrogen and oxygen atoms in total. The molecule has 1 amide bonds. The molecule has 1 aromatic carbocycles. The summed E-state index contributed by atoms with van der Waals surface area (Å²) >= 11 is 6.49. The summed E-state index contributed by atoms with van der Waals surface area (Å²) in [5.41, 5.74) is 3.04. The summed E-state index contributed by atoms with van der Waals surface area (Å²) in [5, 5.41) is 10.3. The Morgan fingerprint density at radius 3 is 2.51 bits per heavy atom. The first-order valence-electron chi connectivity index (χ1n) is 13.4. The minimum absolute atomic E-state index is 0.0106. The van der Waals surface area contributed by atoms with Crippen LogP contribution >= 0.6 is 11.6 Å². The number of halogens is 1. The van der Waals surface area contributed by atoms with Crippen LogP contribution in [0.3, 0.4) is 0 Å². The van der Waals surface area contributed by atoms with Crippen molar-refractivity contribution >= 4 is 29.0 Å². The number of amides is 1. The molecule has 39 heavy (non-hydrogen) atoms. The molecule has 1 fully saturated rings. The zero-order chi connectivity index (χ0) is 28.3. The number of aromatic nitrogens is 2. The molecule has 0 radical (unpaired) electrons. The van der Waals surface area contributed by atoms with Gasteiger partial charge < -0.3 is 33.7 Å².